The van der Waals surface area contributed by atoms with Gasteiger partial charge in [-0.15, -0.1) is 16.7 Å². The summed E-state index contributed by atoms with van der Waals surface area (Å²) in [6.45, 7) is 0. The number of benzene rings is 1. The monoisotopic (exact) mass is 295 g/mol. The van der Waals surface area contributed by atoms with Gasteiger partial charge in [-0.2, -0.15) is 0 Å². The molecular formula is C10H6Cl2F3N3. The van der Waals surface area contributed by atoms with Crippen LogP contribution in [0.3, 0.4) is 0 Å². The molecule has 1 heterocycles. The van der Waals surface area contributed by atoms with E-state index < -0.39 is 18.1 Å². The molecule has 1 aromatic carbocycles. The smallest absolute Gasteiger partial charge is 0.220 e. The second kappa shape index (κ2) is 5.16. The maximum atomic E-state index is 13.7. The molecule has 0 saturated heterocycles. The minimum Gasteiger partial charge on any atom is -0.220 e. The number of hydrogen-bond acceptors (Lipinski definition) is 2. The highest BCUT2D eigenvalue weighted by Gasteiger charge is 2.17. The molecule has 3 nitrogen and oxygen atoms in total. The highest BCUT2D eigenvalue weighted by atomic mass is 35.5. The summed E-state index contributed by atoms with van der Waals surface area (Å²) < 4.78 is 39.5. The molecular weight excluding hydrogens is 290 g/mol. The Morgan fingerprint density at radius 2 is 2.06 bits per heavy atom. The second-order valence-electron chi connectivity index (χ2n) is 3.34. The molecule has 1 aromatic heterocycles. The van der Waals surface area contributed by atoms with Crippen molar-refractivity contribution in [2.75, 3.05) is 0 Å². The van der Waals surface area contributed by atoms with Crippen molar-refractivity contribution in [2.24, 2.45) is 0 Å². The minimum absolute atomic E-state index is 0.0786. The summed E-state index contributed by atoms with van der Waals surface area (Å²) in [5.41, 5.74) is 0.307. The third kappa shape index (κ3) is 2.30. The molecule has 0 atom stereocenters. The van der Waals surface area contributed by atoms with Crippen molar-refractivity contribution in [3.05, 3.63) is 40.7 Å². The Hall–Kier alpha value is -1.27. The summed E-state index contributed by atoms with van der Waals surface area (Å²) in [6, 6.07) is 2.74. The minimum atomic E-state index is -2.79. The summed E-state index contributed by atoms with van der Waals surface area (Å²) >= 11 is 11.2. The van der Waals surface area contributed by atoms with Gasteiger partial charge in [0.05, 0.1) is 16.6 Å². The van der Waals surface area contributed by atoms with Gasteiger partial charge in [0.2, 0.25) is 5.82 Å². The Morgan fingerprint density at radius 3 is 2.61 bits per heavy atom. The average Bonchev–Trinajstić information content (AvgIpc) is 2.82. The molecule has 0 aliphatic heterocycles. The van der Waals surface area contributed by atoms with Crippen LogP contribution < -0.4 is 0 Å². The quantitative estimate of drug-likeness (QED) is 0.808. The zero-order valence-electron chi connectivity index (χ0n) is 8.75. The molecule has 0 N–H and O–H groups in total. The third-order valence-electron chi connectivity index (χ3n) is 2.26. The first-order valence-electron chi connectivity index (χ1n) is 4.77. The van der Waals surface area contributed by atoms with Crippen LogP contribution in [0.25, 0.3) is 5.69 Å². The van der Waals surface area contributed by atoms with Gasteiger partial charge in [-0.1, -0.05) is 11.6 Å². The van der Waals surface area contributed by atoms with Crippen LogP contribution in [-0.2, 0) is 5.88 Å². The molecule has 0 aliphatic carbocycles. The summed E-state index contributed by atoms with van der Waals surface area (Å²) in [5.74, 6) is -1.49. The molecule has 0 radical (unpaired) electrons. The van der Waals surface area contributed by atoms with Crippen LogP contribution in [0.4, 0.5) is 13.2 Å². The van der Waals surface area contributed by atoms with E-state index in [0.29, 0.717) is 0 Å². The van der Waals surface area contributed by atoms with E-state index in [-0.39, 0.29) is 22.2 Å². The molecule has 0 amide bonds. The highest BCUT2D eigenvalue weighted by Crippen LogP contribution is 2.26. The van der Waals surface area contributed by atoms with Crippen molar-refractivity contribution in [2.45, 2.75) is 12.3 Å². The van der Waals surface area contributed by atoms with Crippen molar-refractivity contribution < 1.29 is 13.2 Å². The SMILES string of the molecule is Fc1c(Cl)ccc(-n2cnc(C(F)F)n2)c1CCl. The third-order valence-corrected chi connectivity index (χ3v) is 2.82. The number of rotatable bonds is 3. The predicted octanol–water partition coefficient (Wildman–Crippen LogP) is 3.74. The van der Waals surface area contributed by atoms with Gasteiger partial charge in [-0.05, 0) is 12.1 Å². The number of aromatic nitrogens is 3. The Labute approximate surface area is 110 Å². The lowest BCUT2D eigenvalue weighted by atomic mass is 10.2. The van der Waals surface area contributed by atoms with E-state index in [4.69, 9.17) is 23.2 Å². The lowest BCUT2D eigenvalue weighted by Gasteiger charge is -2.08. The lowest BCUT2D eigenvalue weighted by Crippen LogP contribution is -2.03. The fraction of sp³-hybridized carbons (Fsp3) is 0.200. The van der Waals surface area contributed by atoms with E-state index in [9.17, 15) is 13.2 Å². The average molecular weight is 296 g/mol. The van der Waals surface area contributed by atoms with Gasteiger partial charge in [-0.25, -0.2) is 22.8 Å². The summed E-state index contributed by atoms with van der Waals surface area (Å²) in [6.07, 6.45) is -1.72. The molecule has 0 spiro atoms. The van der Waals surface area contributed by atoms with Crippen molar-refractivity contribution >= 4 is 23.2 Å². The van der Waals surface area contributed by atoms with E-state index in [1.165, 1.54) is 12.1 Å². The lowest BCUT2D eigenvalue weighted by molar-refractivity contribution is 0.140. The maximum absolute atomic E-state index is 13.7. The Bertz CT molecular complexity index is 571. The van der Waals surface area contributed by atoms with Crippen LogP contribution in [0, 0.1) is 5.82 Å². The Kier molecular flexibility index (Phi) is 3.77. The van der Waals surface area contributed by atoms with Gasteiger partial charge in [0.25, 0.3) is 6.43 Å². The number of alkyl halides is 3. The topological polar surface area (TPSA) is 30.7 Å². The van der Waals surface area contributed by atoms with Gasteiger partial charge in [-0.3, -0.25) is 0 Å². The molecule has 0 bridgehead atoms. The van der Waals surface area contributed by atoms with E-state index in [0.717, 1.165) is 11.0 Å². The first-order valence-corrected chi connectivity index (χ1v) is 5.68. The maximum Gasteiger partial charge on any atom is 0.299 e. The van der Waals surface area contributed by atoms with E-state index in [1.807, 2.05) is 0 Å². The number of nitrogens with zero attached hydrogens (tertiary/aromatic N) is 3. The summed E-state index contributed by atoms with van der Waals surface area (Å²) in [5, 5.41) is 3.45. The van der Waals surface area contributed by atoms with Crippen molar-refractivity contribution in [3.8, 4) is 5.69 Å². The fourth-order valence-electron chi connectivity index (χ4n) is 1.42. The number of hydrogen-bond donors (Lipinski definition) is 0. The molecule has 2 aromatic rings. The summed E-state index contributed by atoms with van der Waals surface area (Å²) in [4.78, 5) is 3.42. The fourth-order valence-corrected chi connectivity index (χ4v) is 1.85. The molecule has 8 heteroatoms. The Morgan fingerprint density at radius 1 is 1.33 bits per heavy atom. The van der Waals surface area contributed by atoms with Gasteiger partial charge < -0.3 is 0 Å². The van der Waals surface area contributed by atoms with E-state index >= 15 is 0 Å². The predicted molar refractivity (Wildman–Crippen MR) is 60.8 cm³/mol. The summed E-state index contributed by atoms with van der Waals surface area (Å²) in [7, 11) is 0. The zero-order chi connectivity index (χ0) is 13.3. The van der Waals surface area contributed by atoms with Crippen LogP contribution in [0.15, 0.2) is 18.5 Å². The first-order chi connectivity index (χ1) is 8.54. The molecule has 18 heavy (non-hydrogen) atoms. The van der Waals surface area contributed by atoms with Crippen molar-refractivity contribution in [1.82, 2.24) is 14.8 Å². The molecule has 0 saturated carbocycles. The van der Waals surface area contributed by atoms with Gasteiger partial charge in [0, 0.05) is 5.56 Å². The van der Waals surface area contributed by atoms with E-state index in [2.05, 4.69) is 10.1 Å². The van der Waals surface area contributed by atoms with E-state index in [1.54, 1.807) is 0 Å². The Balaban J connectivity index is 2.53. The zero-order valence-corrected chi connectivity index (χ0v) is 10.3. The van der Waals surface area contributed by atoms with Crippen molar-refractivity contribution in [1.29, 1.82) is 0 Å². The van der Waals surface area contributed by atoms with Crippen LogP contribution in [0.1, 0.15) is 17.8 Å². The highest BCUT2D eigenvalue weighted by molar-refractivity contribution is 6.31. The molecule has 2 rings (SSSR count). The van der Waals surface area contributed by atoms with Gasteiger partial charge >= 0.3 is 0 Å². The molecule has 0 fully saturated rings. The molecule has 0 aliphatic rings. The molecule has 0 unspecified atom stereocenters. The van der Waals surface area contributed by atoms with Crippen LogP contribution in [-0.4, -0.2) is 14.8 Å². The first kappa shape index (κ1) is 13.2. The largest absolute Gasteiger partial charge is 0.299 e. The molecule has 96 valence electrons. The van der Waals surface area contributed by atoms with Crippen LogP contribution in [0.2, 0.25) is 5.02 Å². The van der Waals surface area contributed by atoms with Crippen LogP contribution >= 0.6 is 23.2 Å². The van der Waals surface area contributed by atoms with Crippen LogP contribution in [0.5, 0.6) is 0 Å². The second-order valence-corrected chi connectivity index (χ2v) is 4.02. The number of halogens is 5. The van der Waals surface area contributed by atoms with Gasteiger partial charge in [0.1, 0.15) is 12.1 Å². The van der Waals surface area contributed by atoms with Gasteiger partial charge in [0.15, 0.2) is 0 Å². The normalized spacial score (nSPS) is 11.2. The standard InChI is InChI=1S/C10H6Cl2F3N3/c11-3-5-7(2-1-6(12)8(5)13)18-4-16-10(17-18)9(14)15/h1-2,4,9H,3H2. The van der Waals surface area contributed by atoms with Crippen molar-refractivity contribution in [3.63, 3.8) is 0 Å².